The number of benzene rings is 3. The van der Waals surface area contributed by atoms with Gasteiger partial charge in [0.05, 0.1) is 14.2 Å². The molecule has 0 N–H and O–H groups in total. The van der Waals surface area contributed by atoms with Gasteiger partial charge in [-0.2, -0.15) is 0 Å². The van der Waals surface area contributed by atoms with Crippen LogP contribution in [0.4, 0.5) is 0 Å². The highest BCUT2D eigenvalue weighted by molar-refractivity contribution is 5.94. The molecule has 0 aromatic heterocycles. The van der Waals surface area contributed by atoms with E-state index in [4.69, 9.17) is 14.2 Å². The molecule has 0 radical (unpaired) electrons. The topological polar surface area (TPSA) is 48.0 Å². The summed E-state index contributed by atoms with van der Waals surface area (Å²) in [5.74, 6) is 2.14. The zero-order valence-electron chi connectivity index (χ0n) is 17.3. The Morgan fingerprint density at radius 2 is 1.70 bits per heavy atom. The van der Waals surface area contributed by atoms with E-state index in [0.29, 0.717) is 30.2 Å². The van der Waals surface area contributed by atoms with Crippen molar-refractivity contribution in [1.29, 1.82) is 0 Å². The molecule has 30 heavy (non-hydrogen) atoms. The van der Waals surface area contributed by atoms with Gasteiger partial charge in [-0.05, 0) is 47.9 Å². The van der Waals surface area contributed by atoms with E-state index in [9.17, 15) is 4.79 Å². The van der Waals surface area contributed by atoms with Gasteiger partial charge < -0.3 is 19.1 Å². The molecule has 5 heteroatoms. The monoisotopic (exact) mass is 403 g/mol. The molecule has 0 atom stereocenters. The Kier molecular flexibility index (Phi) is 5.89. The number of nitrogens with zero attached hydrogens (tertiary/aromatic N) is 1. The molecule has 0 saturated heterocycles. The number of hydrogen-bond donors (Lipinski definition) is 0. The number of fused-ring (bicyclic) bond motifs is 1. The molecule has 0 spiro atoms. The third-order valence-electron chi connectivity index (χ3n) is 5.38. The van der Waals surface area contributed by atoms with E-state index in [-0.39, 0.29) is 5.91 Å². The van der Waals surface area contributed by atoms with Gasteiger partial charge in [0.1, 0.15) is 23.9 Å². The van der Waals surface area contributed by atoms with Crippen LogP contribution in [0.15, 0.2) is 66.7 Å². The Labute approximate surface area is 176 Å². The Bertz CT molecular complexity index is 1050. The van der Waals surface area contributed by atoms with Gasteiger partial charge in [0.25, 0.3) is 5.91 Å². The standard InChI is InChI=1S/C25H25NO4/c1-28-22-8-5-9-23(15-22)30-17-21-14-19(10-11-24(21)29-2)25(27)26-13-12-18-6-3-4-7-20(18)16-26/h3-11,14-15H,12-13,16-17H2,1-2H3. The fourth-order valence-corrected chi connectivity index (χ4v) is 3.73. The summed E-state index contributed by atoms with van der Waals surface area (Å²) in [6, 6.07) is 21.2. The summed E-state index contributed by atoms with van der Waals surface area (Å²) in [6.07, 6.45) is 0.879. The van der Waals surface area contributed by atoms with Gasteiger partial charge >= 0.3 is 0 Å². The predicted octanol–water partition coefficient (Wildman–Crippen LogP) is 4.48. The number of methoxy groups -OCH3 is 2. The molecule has 0 unspecified atom stereocenters. The number of rotatable bonds is 6. The molecule has 3 aromatic rings. The maximum absolute atomic E-state index is 13.1. The third-order valence-corrected chi connectivity index (χ3v) is 5.38. The Morgan fingerprint density at radius 1 is 0.900 bits per heavy atom. The number of amides is 1. The van der Waals surface area contributed by atoms with Crippen molar-refractivity contribution in [2.24, 2.45) is 0 Å². The van der Waals surface area contributed by atoms with Crippen LogP contribution in [0.5, 0.6) is 17.2 Å². The van der Waals surface area contributed by atoms with Gasteiger partial charge in [0.2, 0.25) is 0 Å². The van der Waals surface area contributed by atoms with E-state index in [0.717, 1.165) is 24.3 Å². The quantitative estimate of drug-likeness (QED) is 0.609. The van der Waals surface area contributed by atoms with Crippen molar-refractivity contribution in [3.8, 4) is 17.2 Å². The normalized spacial score (nSPS) is 12.8. The smallest absolute Gasteiger partial charge is 0.254 e. The first-order chi connectivity index (χ1) is 14.7. The van der Waals surface area contributed by atoms with Gasteiger partial charge in [-0.15, -0.1) is 0 Å². The van der Waals surface area contributed by atoms with Crippen LogP contribution in [0.3, 0.4) is 0 Å². The van der Waals surface area contributed by atoms with E-state index in [1.54, 1.807) is 14.2 Å². The minimum absolute atomic E-state index is 0.0230. The van der Waals surface area contributed by atoms with Gasteiger partial charge in [0, 0.05) is 30.3 Å². The Morgan fingerprint density at radius 3 is 2.50 bits per heavy atom. The fraction of sp³-hybridized carbons (Fsp3) is 0.240. The number of hydrogen-bond acceptors (Lipinski definition) is 4. The zero-order chi connectivity index (χ0) is 20.9. The lowest BCUT2D eigenvalue weighted by atomic mass is 9.99. The Hall–Kier alpha value is -3.47. The third kappa shape index (κ3) is 4.25. The van der Waals surface area contributed by atoms with Crippen molar-refractivity contribution in [1.82, 2.24) is 4.90 Å². The molecule has 154 valence electrons. The van der Waals surface area contributed by atoms with E-state index in [2.05, 4.69) is 12.1 Å². The molecule has 5 nitrogen and oxygen atoms in total. The molecule has 1 amide bonds. The number of carbonyl (C=O) groups excluding carboxylic acids is 1. The maximum Gasteiger partial charge on any atom is 0.254 e. The van der Waals surface area contributed by atoms with Crippen LogP contribution in [0.25, 0.3) is 0 Å². The van der Waals surface area contributed by atoms with Gasteiger partial charge in [0.15, 0.2) is 0 Å². The van der Waals surface area contributed by atoms with Crippen LogP contribution in [0.2, 0.25) is 0 Å². The molecule has 0 fully saturated rings. The molecule has 0 bridgehead atoms. The van der Waals surface area contributed by atoms with Crippen LogP contribution in [0, 0.1) is 0 Å². The highest BCUT2D eigenvalue weighted by atomic mass is 16.5. The number of ether oxygens (including phenoxy) is 3. The lowest BCUT2D eigenvalue weighted by Crippen LogP contribution is -2.36. The van der Waals surface area contributed by atoms with Crippen molar-refractivity contribution in [3.05, 3.63) is 89.0 Å². The van der Waals surface area contributed by atoms with Crippen molar-refractivity contribution in [2.45, 2.75) is 19.6 Å². The van der Waals surface area contributed by atoms with Crippen molar-refractivity contribution >= 4 is 5.91 Å². The van der Waals surface area contributed by atoms with Crippen LogP contribution in [-0.4, -0.2) is 31.6 Å². The second kappa shape index (κ2) is 8.91. The summed E-state index contributed by atoms with van der Waals surface area (Å²) < 4.78 is 16.6. The maximum atomic E-state index is 13.1. The first-order valence-electron chi connectivity index (χ1n) is 9.98. The number of carbonyl (C=O) groups is 1. The van der Waals surface area contributed by atoms with Gasteiger partial charge in [-0.3, -0.25) is 4.79 Å². The van der Waals surface area contributed by atoms with E-state index in [1.807, 2.05) is 59.5 Å². The SMILES string of the molecule is COc1cccc(OCc2cc(C(=O)N3CCc4ccccc4C3)ccc2OC)c1. The van der Waals surface area contributed by atoms with Crippen LogP contribution in [-0.2, 0) is 19.6 Å². The minimum Gasteiger partial charge on any atom is -0.497 e. The fourth-order valence-electron chi connectivity index (χ4n) is 3.73. The lowest BCUT2D eigenvalue weighted by Gasteiger charge is -2.29. The van der Waals surface area contributed by atoms with E-state index < -0.39 is 0 Å². The molecular formula is C25H25NO4. The van der Waals surface area contributed by atoms with Crippen molar-refractivity contribution < 1.29 is 19.0 Å². The van der Waals surface area contributed by atoms with E-state index >= 15 is 0 Å². The molecular weight excluding hydrogens is 378 g/mol. The molecule has 1 heterocycles. The van der Waals surface area contributed by atoms with Crippen LogP contribution >= 0.6 is 0 Å². The summed E-state index contributed by atoms with van der Waals surface area (Å²) in [4.78, 5) is 15.0. The molecule has 4 rings (SSSR count). The summed E-state index contributed by atoms with van der Waals surface area (Å²) >= 11 is 0. The Balaban J connectivity index is 1.51. The second-order valence-corrected chi connectivity index (χ2v) is 7.24. The second-order valence-electron chi connectivity index (χ2n) is 7.24. The molecule has 1 aliphatic heterocycles. The van der Waals surface area contributed by atoms with Crippen LogP contribution < -0.4 is 14.2 Å². The average Bonchev–Trinajstić information content (AvgIpc) is 2.81. The van der Waals surface area contributed by atoms with E-state index in [1.165, 1.54) is 11.1 Å². The summed E-state index contributed by atoms with van der Waals surface area (Å²) in [5.41, 5.74) is 4.00. The minimum atomic E-state index is 0.0230. The molecule has 0 aliphatic carbocycles. The molecule has 1 aliphatic rings. The predicted molar refractivity (Wildman–Crippen MR) is 115 cm³/mol. The molecule has 0 saturated carbocycles. The van der Waals surface area contributed by atoms with Gasteiger partial charge in [-0.25, -0.2) is 0 Å². The lowest BCUT2D eigenvalue weighted by molar-refractivity contribution is 0.0734. The summed E-state index contributed by atoms with van der Waals surface area (Å²) in [7, 11) is 3.24. The average molecular weight is 403 g/mol. The van der Waals surface area contributed by atoms with Crippen molar-refractivity contribution in [2.75, 3.05) is 20.8 Å². The zero-order valence-corrected chi connectivity index (χ0v) is 17.3. The molecule has 3 aromatic carbocycles. The first kappa shape index (κ1) is 19.8. The van der Waals surface area contributed by atoms with Crippen LogP contribution in [0.1, 0.15) is 27.0 Å². The summed E-state index contributed by atoms with van der Waals surface area (Å²) in [6.45, 7) is 1.65. The van der Waals surface area contributed by atoms with Crippen molar-refractivity contribution in [3.63, 3.8) is 0 Å². The highest BCUT2D eigenvalue weighted by Gasteiger charge is 2.22. The highest BCUT2D eigenvalue weighted by Crippen LogP contribution is 2.26. The first-order valence-corrected chi connectivity index (χ1v) is 9.98. The largest absolute Gasteiger partial charge is 0.497 e. The summed E-state index contributed by atoms with van der Waals surface area (Å²) in [5, 5.41) is 0. The van der Waals surface area contributed by atoms with Gasteiger partial charge in [-0.1, -0.05) is 30.3 Å².